The van der Waals surface area contributed by atoms with Crippen LogP contribution in [0.5, 0.6) is 0 Å². The predicted octanol–water partition coefficient (Wildman–Crippen LogP) is 14.4. The molecule has 12 rings (SSSR count). The lowest BCUT2D eigenvalue weighted by molar-refractivity contribution is 0.741. The van der Waals surface area contributed by atoms with E-state index in [1.165, 1.54) is 78.1 Å². The van der Waals surface area contributed by atoms with Crippen molar-refractivity contribution < 1.29 is 0 Å². The number of nitrogens with zero attached hydrogens (tertiary/aromatic N) is 2. The fourth-order valence-corrected chi connectivity index (χ4v) is 10.3. The van der Waals surface area contributed by atoms with Gasteiger partial charge in [0.1, 0.15) is 0 Å². The normalized spacial score (nSPS) is 14.8. The molecule has 58 heavy (non-hydrogen) atoms. The van der Waals surface area contributed by atoms with Crippen LogP contribution in [0.1, 0.15) is 39.4 Å². The van der Waals surface area contributed by atoms with Gasteiger partial charge in [0.2, 0.25) is 0 Å². The molecule has 1 unspecified atom stereocenters. The molecular weight excluding hydrogens is 701 g/mol. The van der Waals surface area contributed by atoms with Crippen LogP contribution in [0, 0.1) is 0 Å². The summed E-state index contributed by atoms with van der Waals surface area (Å²) in [6.45, 7) is 0. The SMILES string of the molecule is c1ccc(N(c2ccc(-c3cccc4c3C3c5ccccc5N3c3ccccc3-4)cc2)c2ccc3c(c2)C(c2ccccc2)(c2ccccc2)c2ccccc2-3)cc1. The van der Waals surface area contributed by atoms with Gasteiger partial charge in [0, 0.05) is 39.6 Å². The topological polar surface area (TPSA) is 6.48 Å². The molecule has 0 spiro atoms. The zero-order valence-electron chi connectivity index (χ0n) is 31.8. The highest BCUT2D eigenvalue weighted by atomic mass is 15.2. The van der Waals surface area contributed by atoms with Gasteiger partial charge in [0.25, 0.3) is 0 Å². The highest BCUT2D eigenvalue weighted by Crippen LogP contribution is 2.61. The van der Waals surface area contributed by atoms with Crippen molar-refractivity contribution in [3.05, 3.63) is 258 Å². The van der Waals surface area contributed by atoms with E-state index in [1.54, 1.807) is 0 Å². The van der Waals surface area contributed by atoms with E-state index in [9.17, 15) is 0 Å². The first-order valence-electron chi connectivity index (χ1n) is 20.2. The molecule has 9 aromatic carbocycles. The number of fused-ring (bicyclic) bond motifs is 12. The Labute approximate surface area is 339 Å². The van der Waals surface area contributed by atoms with E-state index in [4.69, 9.17) is 0 Å². The summed E-state index contributed by atoms with van der Waals surface area (Å²) in [5, 5.41) is 0. The maximum absolute atomic E-state index is 2.53. The van der Waals surface area contributed by atoms with Crippen LogP contribution in [0.15, 0.2) is 224 Å². The number of hydrogen-bond acceptors (Lipinski definition) is 2. The second-order valence-electron chi connectivity index (χ2n) is 15.6. The molecule has 1 aliphatic carbocycles. The molecule has 2 heteroatoms. The fourth-order valence-electron chi connectivity index (χ4n) is 10.3. The molecule has 0 amide bonds. The monoisotopic (exact) mass is 738 g/mol. The standard InChI is InChI=1S/C56H38N2/c1-4-17-39(18-5-1)56(40-19-6-2-7-20-40)50-28-13-10-23-45(50)46-36-35-43(37-51(46)56)57(41-21-8-3-9-22-41)42-33-31-38(32-34-42)44-26-16-27-48-47-24-11-14-29-52(47)58-53-30-15-12-25-49(53)55(58)54(44)48/h1-37,55H. The molecule has 0 aromatic heterocycles. The smallest absolute Gasteiger partial charge is 0.0877 e. The molecule has 0 fully saturated rings. The first-order valence-corrected chi connectivity index (χ1v) is 20.2. The number of anilines is 5. The summed E-state index contributed by atoms with van der Waals surface area (Å²) in [5.74, 6) is 0. The van der Waals surface area contributed by atoms with Gasteiger partial charge in [-0.15, -0.1) is 0 Å². The summed E-state index contributed by atoms with van der Waals surface area (Å²) in [5.41, 5.74) is 21.0. The molecular formula is C56H38N2. The maximum atomic E-state index is 2.53. The van der Waals surface area contributed by atoms with Crippen LogP contribution in [0.4, 0.5) is 28.4 Å². The van der Waals surface area contributed by atoms with Gasteiger partial charge in [0.05, 0.1) is 11.5 Å². The molecule has 0 saturated carbocycles. The fraction of sp³-hybridized carbons (Fsp3) is 0.0357. The minimum absolute atomic E-state index is 0.183. The Morgan fingerprint density at radius 2 is 0.897 bits per heavy atom. The summed E-state index contributed by atoms with van der Waals surface area (Å²) >= 11 is 0. The van der Waals surface area contributed by atoms with Crippen molar-refractivity contribution >= 4 is 28.4 Å². The molecule has 1 atom stereocenters. The van der Waals surface area contributed by atoms with Gasteiger partial charge >= 0.3 is 0 Å². The highest BCUT2D eigenvalue weighted by Gasteiger charge is 2.46. The van der Waals surface area contributed by atoms with Crippen molar-refractivity contribution in [2.45, 2.75) is 11.5 Å². The Bertz CT molecular complexity index is 2970. The lowest BCUT2D eigenvalue weighted by Crippen LogP contribution is -2.38. The highest BCUT2D eigenvalue weighted by molar-refractivity contribution is 5.98. The third kappa shape index (κ3) is 4.60. The van der Waals surface area contributed by atoms with E-state index >= 15 is 0 Å². The van der Waals surface area contributed by atoms with E-state index in [0.717, 1.165) is 17.1 Å². The van der Waals surface area contributed by atoms with Crippen LogP contribution >= 0.6 is 0 Å². The minimum Gasteiger partial charge on any atom is -0.329 e. The summed E-state index contributed by atoms with van der Waals surface area (Å²) in [6.07, 6.45) is 0. The van der Waals surface area contributed by atoms with Gasteiger partial charge < -0.3 is 9.80 Å². The minimum atomic E-state index is -0.476. The largest absolute Gasteiger partial charge is 0.329 e. The van der Waals surface area contributed by atoms with Crippen LogP contribution in [-0.4, -0.2) is 0 Å². The Morgan fingerprint density at radius 1 is 0.362 bits per heavy atom. The van der Waals surface area contributed by atoms with Crippen molar-refractivity contribution in [2.24, 2.45) is 0 Å². The molecule has 272 valence electrons. The van der Waals surface area contributed by atoms with Crippen molar-refractivity contribution in [1.82, 2.24) is 0 Å². The van der Waals surface area contributed by atoms with Gasteiger partial charge in [-0.3, -0.25) is 0 Å². The molecule has 0 bridgehead atoms. The molecule has 9 aromatic rings. The quantitative estimate of drug-likeness (QED) is 0.168. The molecule has 2 heterocycles. The van der Waals surface area contributed by atoms with Crippen molar-refractivity contribution in [2.75, 3.05) is 9.80 Å². The molecule has 2 nitrogen and oxygen atoms in total. The van der Waals surface area contributed by atoms with E-state index < -0.39 is 5.41 Å². The zero-order chi connectivity index (χ0) is 38.2. The van der Waals surface area contributed by atoms with Gasteiger partial charge in [-0.05, 0) is 104 Å². The third-order valence-corrected chi connectivity index (χ3v) is 12.7. The summed E-state index contributed by atoms with van der Waals surface area (Å²) in [6, 6.07) is 82.9. The van der Waals surface area contributed by atoms with Gasteiger partial charge in [-0.1, -0.05) is 176 Å². The zero-order valence-corrected chi connectivity index (χ0v) is 31.8. The third-order valence-electron chi connectivity index (χ3n) is 12.7. The van der Waals surface area contributed by atoms with E-state index in [0.29, 0.717) is 0 Å². The van der Waals surface area contributed by atoms with Gasteiger partial charge in [0.15, 0.2) is 0 Å². The number of rotatable bonds is 6. The predicted molar refractivity (Wildman–Crippen MR) is 240 cm³/mol. The van der Waals surface area contributed by atoms with Crippen LogP contribution in [-0.2, 0) is 5.41 Å². The van der Waals surface area contributed by atoms with Crippen LogP contribution in [0.2, 0.25) is 0 Å². The average molecular weight is 739 g/mol. The molecule has 0 N–H and O–H groups in total. The molecule has 0 saturated heterocycles. The Morgan fingerprint density at radius 3 is 1.64 bits per heavy atom. The van der Waals surface area contributed by atoms with Crippen LogP contribution in [0.25, 0.3) is 33.4 Å². The molecule has 3 aliphatic rings. The van der Waals surface area contributed by atoms with Gasteiger partial charge in [-0.25, -0.2) is 0 Å². The van der Waals surface area contributed by atoms with E-state index in [-0.39, 0.29) is 6.04 Å². The number of benzene rings is 9. The molecule has 2 aliphatic heterocycles. The van der Waals surface area contributed by atoms with Gasteiger partial charge in [-0.2, -0.15) is 0 Å². The van der Waals surface area contributed by atoms with Crippen molar-refractivity contribution in [1.29, 1.82) is 0 Å². The Balaban J connectivity index is 1.02. The van der Waals surface area contributed by atoms with Crippen LogP contribution < -0.4 is 9.80 Å². The van der Waals surface area contributed by atoms with E-state index in [2.05, 4.69) is 234 Å². The Kier molecular flexibility index (Phi) is 7.24. The lowest BCUT2D eigenvalue weighted by atomic mass is 9.67. The lowest BCUT2D eigenvalue weighted by Gasteiger charge is -2.50. The molecule has 0 radical (unpaired) electrons. The van der Waals surface area contributed by atoms with Crippen LogP contribution in [0.3, 0.4) is 0 Å². The summed E-state index contributed by atoms with van der Waals surface area (Å²) in [4.78, 5) is 4.94. The first kappa shape index (κ1) is 32.8. The summed E-state index contributed by atoms with van der Waals surface area (Å²) < 4.78 is 0. The maximum Gasteiger partial charge on any atom is 0.0877 e. The van der Waals surface area contributed by atoms with Crippen molar-refractivity contribution in [3.63, 3.8) is 0 Å². The van der Waals surface area contributed by atoms with E-state index in [1.807, 2.05) is 0 Å². The van der Waals surface area contributed by atoms with Crippen molar-refractivity contribution in [3.8, 4) is 33.4 Å². The number of para-hydroxylation sites is 3. The average Bonchev–Trinajstić information content (AvgIpc) is 3.59. The first-order chi connectivity index (χ1) is 28.8. The second kappa shape index (κ2) is 12.8. The second-order valence-corrected chi connectivity index (χ2v) is 15.6. The number of hydrogen-bond donors (Lipinski definition) is 0. The Hall–Kier alpha value is -7.42. The summed E-state index contributed by atoms with van der Waals surface area (Å²) in [7, 11) is 0.